The number of pyridine rings is 1. The third-order valence-electron chi connectivity index (χ3n) is 5.08. The molecule has 5 nitrogen and oxygen atoms in total. The molecule has 2 N–H and O–H groups in total. The number of hydrogen-bond acceptors (Lipinski definition) is 4. The van der Waals surface area contributed by atoms with Crippen molar-refractivity contribution >= 4 is 5.52 Å². The molecule has 1 saturated carbocycles. The highest BCUT2D eigenvalue weighted by Crippen LogP contribution is 2.35. The maximum absolute atomic E-state index is 13.3. The molecule has 0 amide bonds. The van der Waals surface area contributed by atoms with Gasteiger partial charge in [0.25, 0.3) is 0 Å². The van der Waals surface area contributed by atoms with Gasteiger partial charge in [-0.1, -0.05) is 6.07 Å². The van der Waals surface area contributed by atoms with Crippen LogP contribution in [0.1, 0.15) is 29.7 Å². The van der Waals surface area contributed by atoms with Gasteiger partial charge in [0.15, 0.2) is 0 Å². The van der Waals surface area contributed by atoms with Crippen LogP contribution < -0.4 is 10.1 Å². The van der Waals surface area contributed by atoms with Crippen molar-refractivity contribution in [1.29, 1.82) is 0 Å². The Balaban J connectivity index is 1.31. The lowest BCUT2D eigenvalue weighted by Crippen LogP contribution is -2.46. The molecule has 1 aromatic carbocycles. The quantitative estimate of drug-likeness (QED) is 0.610. The summed E-state index contributed by atoms with van der Waals surface area (Å²) in [6, 6.07) is 8.43. The molecule has 4 rings (SSSR count). The first-order valence-corrected chi connectivity index (χ1v) is 9.17. The lowest BCUT2D eigenvalue weighted by Gasteiger charge is -2.36. The van der Waals surface area contributed by atoms with Crippen LogP contribution in [0.4, 0.5) is 17.6 Å². The summed E-state index contributed by atoms with van der Waals surface area (Å²) in [6.07, 6.45) is -1.95. The van der Waals surface area contributed by atoms with Crippen molar-refractivity contribution in [3.63, 3.8) is 0 Å². The Kier molecular flexibility index (Phi) is 5.18. The van der Waals surface area contributed by atoms with E-state index in [1.807, 2.05) is 12.1 Å². The number of ether oxygens (including phenoxy) is 1. The lowest BCUT2D eigenvalue weighted by molar-refractivity contribution is -0.140. The fourth-order valence-electron chi connectivity index (χ4n) is 3.45. The zero-order valence-corrected chi connectivity index (χ0v) is 15.3. The second-order valence-electron chi connectivity index (χ2n) is 7.07. The molecule has 0 saturated heterocycles. The number of rotatable bonds is 6. The average molecular weight is 409 g/mol. The Morgan fingerprint density at radius 3 is 2.72 bits per heavy atom. The molecule has 1 fully saturated rings. The summed E-state index contributed by atoms with van der Waals surface area (Å²) < 4.78 is 59.0. The van der Waals surface area contributed by atoms with Gasteiger partial charge in [-0.3, -0.25) is 0 Å². The molecule has 29 heavy (non-hydrogen) atoms. The maximum Gasteiger partial charge on any atom is 0.419 e. The van der Waals surface area contributed by atoms with Crippen molar-refractivity contribution in [2.75, 3.05) is 0 Å². The third kappa shape index (κ3) is 4.06. The van der Waals surface area contributed by atoms with Crippen molar-refractivity contribution in [2.24, 2.45) is 0 Å². The zero-order chi connectivity index (χ0) is 20.6. The molecule has 0 unspecified atom stereocenters. The minimum absolute atomic E-state index is 0.0151. The summed E-state index contributed by atoms with van der Waals surface area (Å²) in [4.78, 5) is 0. The lowest BCUT2D eigenvalue weighted by atomic mass is 9.89. The largest absolute Gasteiger partial charge is 0.490 e. The van der Waals surface area contributed by atoms with Crippen molar-refractivity contribution in [3.05, 3.63) is 65.2 Å². The van der Waals surface area contributed by atoms with Crippen LogP contribution >= 0.6 is 0 Å². The number of benzene rings is 1. The standard InChI is InChI=1S/C20H19F4N3O2/c21-18-5-4-15(8-17(18)20(22,23)24)29-16-6-13(7-16)25-9-12-10-26-27-14(11-28)2-1-3-19(12)27/h1-5,8,10,13,16,25,28H,6-7,9,11H2. The summed E-state index contributed by atoms with van der Waals surface area (Å²) in [7, 11) is 0. The molecule has 2 aromatic heterocycles. The number of aliphatic hydroxyl groups is 1. The van der Waals surface area contributed by atoms with E-state index in [-0.39, 0.29) is 24.5 Å². The number of hydrogen-bond donors (Lipinski definition) is 2. The van der Waals surface area contributed by atoms with Crippen LogP contribution in [-0.4, -0.2) is 26.9 Å². The molecule has 0 radical (unpaired) electrons. The van der Waals surface area contributed by atoms with E-state index >= 15 is 0 Å². The third-order valence-corrected chi connectivity index (χ3v) is 5.08. The molecule has 0 aliphatic heterocycles. The fourth-order valence-corrected chi connectivity index (χ4v) is 3.45. The molecule has 154 valence electrons. The molecular weight excluding hydrogens is 390 g/mol. The topological polar surface area (TPSA) is 58.8 Å². The van der Waals surface area contributed by atoms with E-state index in [1.54, 1.807) is 16.8 Å². The van der Waals surface area contributed by atoms with Crippen LogP contribution in [0.2, 0.25) is 0 Å². The highest BCUT2D eigenvalue weighted by Gasteiger charge is 2.35. The molecule has 1 aliphatic rings. The van der Waals surface area contributed by atoms with Crippen LogP contribution in [0.3, 0.4) is 0 Å². The monoisotopic (exact) mass is 409 g/mol. The molecular formula is C20H19F4N3O2. The van der Waals surface area contributed by atoms with Gasteiger partial charge in [-0.2, -0.15) is 18.3 Å². The van der Waals surface area contributed by atoms with E-state index in [4.69, 9.17) is 4.74 Å². The van der Waals surface area contributed by atoms with E-state index < -0.39 is 17.6 Å². The van der Waals surface area contributed by atoms with Gasteiger partial charge in [0, 0.05) is 18.2 Å². The van der Waals surface area contributed by atoms with Gasteiger partial charge in [-0.15, -0.1) is 0 Å². The molecule has 0 spiro atoms. The number of nitrogens with one attached hydrogen (secondary N) is 1. The van der Waals surface area contributed by atoms with Gasteiger partial charge in [0.05, 0.1) is 29.6 Å². The van der Waals surface area contributed by atoms with Crippen molar-refractivity contribution in [1.82, 2.24) is 14.9 Å². The molecule has 9 heteroatoms. The van der Waals surface area contributed by atoms with E-state index in [1.165, 1.54) is 6.07 Å². The zero-order valence-electron chi connectivity index (χ0n) is 15.3. The van der Waals surface area contributed by atoms with Gasteiger partial charge in [0.2, 0.25) is 0 Å². The van der Waals surface area contributed by atoms with Gasteiger partial charge in [0.1, 0.15) is 17.7 Å². The number of fused-ring (bicyclic) bond motifs is 1. The summed E-state index contributed by atoms with van der Waals surface area (Å²) in [5.41, 5.74) is 1.27. The Morgan fingerprint density at radius 1 is 1.21 bits per heavy atom. The molecule has 2 heterocycles. The first-order chi connectivity index (χ1) is 13.8. The fraction of sp³-hybridized carbons (Fsp3) is 0.350. The van der Waals surface area contributed by atoms with Gasteiger partial charge < -0.3 is 15.2 Å². The summed E-state index contributed by atoms with van der Waals surface area (Å²) in [5.74, 6) is -1.29. The molecule has 1 aliphatic carbocycles. The minimum atomic E-state index is -4.75. The van der Waals surface area contributed by atoms with Gasteiger partial charge in [-0.25, -0.2) is 8.91 Å². The predicted octanol–water partition coefficient (Wildman–Crippen LogP) is 3.68. The van der Waals surface area contributed by atoms with Crippen LogP contribution in [0.15, 0.2) is 42.6 Å². The van der Waals surface area contributed by atoms with Crippen molar-refractivity contribution < 1.29 is 27.4 Å². The number of nitrogens with zero attached hydrogens (tertiary/aromatic N) is 2. The number of aliphatic hydroxyl groups excluding tert-OH is 1. The first kappa shape index (κ1) is 19.7. The van der Waals surface area contributed by atoms with E-state index in [2.05, 4.69) is 10.4 Å². The van der Waals surface area contributed by atoms with Gasteiger partial charge >= 0.3 is 6.18 Å². The maximum atomic E-state index is 13.3. The summed E-state index contributed by atoms with van der Waals surface area (Å²) in [6.45, 7) is 0.470. The number of halogens is 4. The van der Waals surface area contributed by atoms with Crippen LogP contribution in [0.25, 0.3) is 5.52 Å². The van der Waals surface area contributed by atoms with Crippen LogP contribution in [0.5, 0.6) is 5.75 Å². The van der Waals surface area contributed by atoms with E-state index in [9.17, 15) is 22.7 Å². The Labute approximate surface area is 163 Å². The number of aromatic nitrogens is 2. The molecule has 3 aromatic rings. The highest BCUT2D eigenvalue weighted by atomic mass is 19.4. The van der Waals surface area contributed by atoms with Crippen molar-refractivity contribution in [3.8, 4) is 5.75 Å². The average Bonchev–Trinajstić information content (AvgIpc) is 3.07. The number of alkyl halides is 3. The second kappa shape index (κ2) is 7.64. The van der Waals surface area contributed by atoms with Crippen molar-refractivity contribution in [2.45, 2.75) is 44.3 Å². The smallest absolute Gasteiger partial charge is 0.419 e. The Hall–Kier alpha value is -2.65. The Bertz CT molecular complexity index is 1010. The minimum Gasteiger partial charge on any atom is -0.490 e. The normalized spacial score (nSPS) is 19.3. The van der Waals surface area contributed by atoms with E-state index in [0.717, 1.165) is 17.1 Å². The second-order valence-corrected chi connectivity index (χ2v) is 7.07. The molecule has 0 bridgehead atoms. The predicted molar refractivity (Wildman–Crippen MR) is 96.8 cm³/mol. The molecule has 0 atom stereocenters. The first-order valence-electron chi connectivity index (χ1n) is 9.17. The van der Waals surface area contributed by atoms with Gasteiger partial charge in [-0.05, 0) is 43.2 Å². The summed E-state index contributed by atoms with van der Waals surface area (Å²) in [5, 5.41) is 17.0. The summed E-state index contributed by atoms with van der Waals surface area (Å²) >= 11 is 0. The van der Waals surface area contributed by atoms with Crippen LogP contribution in [0, 0.1) is 5.82 Å². The Morgan fingerprint density at radius 2 is 2.00 bits per heavy atom. The SMILES string of the molecule is OCc1cccc2c(CNC3CC(Oc4ccc(F)c(C(F)(F)F)c4)C3)cnn12. The highest BCUT2D eigenvalue weighted by molar-refractivity contribution is 5.54. The van der Waals surface area contributed by atoms with Crippen LogP contribution in [-0.2, 0) is 19.3 Å². The van der Waals surface area contributed by atoms with E-state index in [0.29, 0.717) is 31.1 Å².